The highest BCUT2D eigenvalue weighted by molar-refractivity contribution is 6.04. The van der Waals surface area contributed by atoms with Gasteiger partial charge in [0.2, 0.25) is 0 Å². The highest BCUT2D eigenvalue weighted by Crippen LogP contribution is 2.29. The van der Waals surface area contributed by atoms with E-state index in [2.05, 4.69) is 10.3 Å². The number of ether oxygens (including phenoxy) is 2. The second kappa shape index (κ2) is 10.9. The van der Waals surface area contributed by atoms with Gasteiger partial charge in [0.05, 0.1) is 12.8 Å². The maximum atomic E-state index is 13.8. The lowest BCUT2D eigenvalue weighted by Gasteiger charge is -2.11. The summed E-state index contributed by atoms with van der Waals surface area (Å²) < 4.78 is 25.0. The lowest BCUT2D eigenvalue weighted by atomic mass is 10.2. The summed E-state index contributed by atoms with van der Waals surface area (Å²) >= 11 is 0. The fourth-order valence-corrected chi connectivity index (χ4v) is 3.23. The van der Waals surface area contributed by atoms with Crippen LogP contribution in [0.15, 0.2) is 102 Å². The number of nitrogens with one attached hydrogen (secondary N) is 1. The van der Waals surface area contributed by atoms with Crippen LogP contribution < -0.4 is 14.8 Å². The molecule has 0 saturated heterocycles. The topological polar surface area (TPSA) is 59.9 Å². The molecular weight excluding hydrogens is 431 g/mol. The normalized spacial score (nSPS) is 10.8. The average molecular weight is 455 g/mol. The molecule has 5 nitrogen and oxygen atoms in total. The number of rotatable bonds is 8. The second-order valence-corrected chi connectivity index (χ2v) is 7.42. The third-order valence-electron chi connectivity index (χ3n) is 5.05. The molecule has 0 atom stereocenters. The van der Waals surface area contributed by atoms with E-state index < -0.39 is 0 Å². The smallest absolute Gasteiger partial charge is 0.255 e. The van der Waals surface area contributed by atoms with Gasteiger partial charge in [0, 0.05) is 23.0 Å². The van der Waals surface area contributed by atoms with Gasteiger partial charge in [-0.05, 0) is 66.2 Å². The van der Waals surface area contributed by atoms with Crippen LogP contribution >= 0.6 is 0 Å². The van der Waals surface area contributed by atoms with E-state index in [0.29, 0.717) is 28.3 Å². The maximum absolute atomic E-state index is 13.8. The quantitative estimate of drug-likeness (QED) is 0.313. The van der Waals surface area contributed by atoms with E-state index in [1.54, 1.807) is 67.9 Å². The first kappa shape index (κ1) is 22.7. The minimum absolute atomic E-state index is 0.101. The van der Waals surface area contributed by atoms with Crippen LogP contribution in [-0.4, -0.2) is 19.2 Å². The van der Waals surface area contributed by atoms with Gasteiger partial charge in [-0.15, -0.1) is 0 Å². The molecule has 1 N–H and O–H groups in total. The largest absolute Gasteiger partial charge is 0.493 e. The van der Waals surface area contributed by atoms with Crippen molar-refractivity contribution in [3.63, 3.8) is 0 Å². The number of hydrogen-bond donors (Lipinski definition) is 1. The van der Waals surface area contributed by atoms with E-state index in [1.807, 2.05) is 36.4 Å². The zero-order valence-electron chi connectivity index (χ0n) is 18.6. The predicted molar refractivity (Wildman–Crippen MR) is 132 cm³/mol. The van der Waals surface area contributed by atoms with Crippen molar-refractivity contribution in [3.05, 3.63) is 120 Å². The number of anilines is 1. The summed E-state index contributed by atoms with van der Waals surface area (Å²) in [6.45, 7) is 0.101. The number of carbonyl (C=O) groups excluding carboxylic acids is 1. The lowest BCUT2D eigenvalue weighted by Crippen LogP contribution is -2.11. The summed E-state index contributed by atoms with van der Waals surface area (Å²) in [5.41, 5.74) is 3.30. The minimum atomic E-state index is -0.309. The first-order chi connectivity index (χ1) is 16.6. The van der Waals surface area contributed by atoms with E-state index in [4.69, 9.17) is 9.47 Å². The number of halogens is 1. The van der Waals surface area contributed by atoms with Crippen LogP contribution in [0.5, 0.6) is 11.5 Å². The van der Waals surface area contributed by atoms with Crippen LogP contribution in [0, 0.1) is 5.82 Å². The van der Waals surface area contributed by atoms with Crippen LogP contribution in [0.1, 0.15) is 21.5 Å². The minimum Gasteiger partial charge on any atom is -0.493 e. The van der Waals surface area contributed by atoms with E-state index in [9.17, 15) is 9.18 Å². The summed E-state index contributed by atoms with van der Waals surface area (Å²) in [6.07, 6.45) is 1.71. The summed E-state index contributed by atoms with van der Waals surface area (Å²) in [5, 5.41) is 2.86. The number of amides is 1. The Morgan fingerprint density at radius 2 is 1.65 bits per heavy atom. The lowest BCUT2D eigenvalue weighted by molar-refractivity contribution is 0.102. The summed E-state index contributed by atoms with van der Waals surface area (Å²) in [4.78, 5) is 16.7. The Morgan fingerprint density at radius 3 is 2.38 bits per heavy atom. The van der Waals surface area contributed by atoms with Crippen LogP contribution in [0.3, 0.4) is 0 Å². The fraction of sp³-hybridized carbons (Fsp3) is 0.0714. The van der Waals surface area contributed by atoms with Crippen molar-refractivity contribution in [2.24, 2.45) is 4.99 Å². The molecule has 0 heterocycles. The molecular formula is C28H23FN2O3. The standard InChI is InChI=1S/C28H23FN2O3/c1-33-27-17-20(11-16-26(27)34-19-22-9-5-6-10-25(22)29)18-30-23-12-14-24(15-13-23)31-28(32)21-7-3-2-4-8-21/h2-18H,19H2,1H3,(H,31,32). The number of carbonyl (C=O) groups is 1. The van der Waals surface area contributed by atoms with Gasteiger partial charge in [-0.3, -0.25) is 9.79 Å². The Morgan fingerprint density at radius 1 is 0.912 bits per heavy atom. The van der Waals surface area contributed by atoms with Gasteiger partial charge in [-0.2, -0.15) is 0 Å². The molecule has 0 unspecified atom stereocenters. The molecule has 0 aliphatic carbocycles. The number of aliphatic imine (C=N–C) groups is 1. The molecule has 0 aliphatic rings. The van der Waals surface area contributed by atoms with Crippen molar-refractivity contribution < 1.29 is 18.7 Å². The van der Waals surface area contributed by atoms with Crippen molar-refractivity contribution in [2.75, 3.05) is 12.4 Å². The average Bonchev–Trinajstić information content (AvgIpc) is 2.88. The molecule has 0 aromatic heterocycles. The van der Waals surface area contributed by atoms with Crippen LogP contribution in [0.2, 0.25) is 0 Å². The molecule has 170 valence electrons. The van der Waals surface area contributed by atoms with Gasteiger partial charge >= 0.3 is 0 Å². The molecule has 0 bridgehead atoms. The highest BCUT2D eigenvalue weighted by atomic mass is 19.1. The van der Waals surface area contributed by atoms with Crippen molar-refractivity contribution in [3.8, 4) is 11.5 Å². The van der Waals surface area contributed by atoms with Gasteiger partial charge in [0.25, 0.3) is 5.91 Å². The number of benzene rings is 4. The Labute approximate surface area is 197 Å². The molecule has 6 heteroatoms. The van der Waals surface area contributed by atoms with E-state index >= 15 is 0 Å². The van der Waals surface area contributed by atoms with E-state index in [-0.39, 0.29) is 18.3 Å². The van der Waals surface area contributed by atoms with Crippen LogP contribution in [0.4, 0.5) is 15.8 Å². The van der Waals surface area contributed by atoms with Gasteiger partial charge in [-0.25, -0.2) is 4.39 Å². The molecule has 0 fully saturated rings. The Balaban J connectivity index is 1.39. The summed E-state index contributed by atoms with van der Waals surface area (Å²) in [5.74, 6) is 0.567. The molecule has 4 aromatic carbocycles. The third-order valence-corrected chi connectivity index (χ3v) is 5.05. The number of hydrogen-bond acceptors (Lipinski definition) is 4. The molecule has 0 spiro atoms. The molecule has 34 heavy (non-hydrogen) atoms. The van der Waals surface area contributed by atoms with Gasteiger partial charge in [0.15, 0.2) is 11.5 Å². The van der Waals surface area contributed by atoms with Crippen molar-refractivity contribution >= 4 is 23.5 Å². The van der Waals surface area contributed by atoms with Crippen molar-refractivity contribution in [2.45, 2.75) is 6.61 Å². The molecule has 4 rings (SSSR count). The summed E-state index contributed by atoms with van der Waals surface area (Å²) in [7, 11) is 1.55. The third kappa shape index (κ3) is 5.86. The molecule has 0 aliphatic heterocycles. The first-order valence-electron chi connectivity index (χ1n) is 10.7. The van der Waals surface area contributed by atoms with Crippen LogP contribution in [-0.2, 0) is 6.61 Å². The SMILES string of the molecule is COc1cc(C=Nc2ccc(NC(=O)c3ccccc3)cc2)ccc1OCc1ccccc1F. The van der Waals surface area contributed by atoms with Gasteiger partial charge < -0.3 is 14.8 Å². The second-order valence-electron chi connectivity index (χ2n) is 7.42. The number of nitrogens with zero attached hydrogens (tertiary/aromatic N) is 1. The zero-order chi connectivity index (χ0) is 23.8. The predicted octanol–water partition coefficient (Wildman–Crippen LogP) is 6.42. The molecule has 1 amide bonds. The highest BCUT2D eigenvalue weighted by Gasteiger charge is 2.08. The van der Waals surface area contributed by atoms with Crippen molar-refractivity contribution in [1.29, 1.82) is 0 Å². The Hall–Kier alpha value is -4.45. The van der Waals surface area contributed by atoms with Crippen molar-refractivity contribution in [1.82, 2.24) is 0 Å². The fourth-order valence-electron chi connectivity index (χ4n) is 3.23. The maximum Gasteiger partial charge on any atom is 0.255 e. The Kier molecular flexibility index (Phi) is 7.30. The van der Waals surface area contributed by atoms with E-state index in [0.717, 1.165) is 11.3 Å². The Bertz CT molecular complexity index is 1290. The van der Waals surface area contributed by atoms with Gasteiger partial charge in [-0.1, -0.05) is 36.4 Å². The summed E-state index contributed by atoms with van der Waals surface area (Å²) in [6, 6.07) is 28.2. The molecule has 0 saturated carbocycles. The number of methoxy groups -OCH3 is 1. The van der Waals surface area contributed by atoms with Crippen LogP contribution in [0.25, 0.3) is 0 Å². The first-order valence-corrected chi connectivity index (χ1v) is 10.7. The zero-order valence-corrected chi connectivity index (χ0v) is 18.6. The molecule has 0 radical (unpaired) electrons. The van der Waals surface area contributed by atoms with E-state index in [1.165, 1.54) is 6.07 Å². The monoisotopic (exact) mass is 454 g/mol. The van der Waals surface area contributed by atoms with Gasteiger partial charge in [0.1, 0.15) is 12.4 Å². The molecule has 4 aromatic rings.